The minimum atomic E-state index is -0.396. The number of benzene rings is 1. The summed E-state index contributed by atoms with van der Waals surface area (Å²) in [4.78, 5) is 28.0. The van der Waals surface area contributed by atoms with Crippen molar-refractivity contribution in [1.29, 1.82) is 0 Å². The van der Waals surface area contributed by atoms with Crippen molar-refractivity contribution >= 4 is 44.8 Å². The standard InChI is InChI=1S/C13H12BrClN4O2/c1-7-17-5-9(14)13(21)19(7)6-12(20)18-11-4-8(16)2-3-10(11)15/h2-5H,6,16H2,1H3,(H,18,20). The van der Waals surface area contributed by atoms with E-state index < -0.39 is 5.91 Å². The van der Waals surface area contributed by atoms with Crippen molar-refractivity contribution in [1.82, 2.24) is 9.55 Å². The maximum absolute atomic E-state index is 12.0. The summed E-state index contributed by atoms with van der Waals surface area (Å²) in [5.74, 6) is 0.0459. The first-order valence-corrected chi connectivity index (χ1v) is 7.12. The number of carbonyl (C=O) groups excluding carboxylic acids is 1. The van der Waals surface area contributed by atoms with Crippen molar-refractivity contribution in [3.05, 3.63) is 50.1 Å². The van der Waals surface area contributed by atoms with Crippen molar-refractivity contribution in [2.45, 2.75) is 13.5 Å². The fraction of sp³-hybridized carbons (Fsp3) is 0.154. The lowest BCUT2D eigenvalue weighted by Crippen LogP contribution is -2.30. The summed E-state index contributed by atoms with van der Waals surface area (Å²) in [5.41, 5.74) is 6.20. The predicted molar refractivity (Wildman–Crippen MR) is 85.4 cm³/mol. The summed E-state index contributed by atoms with van der Waals surface area (Å²) in [6.07, 6.45) is 1.40. The van der Waals surface area contributed by atoms with Crippen molar-refractivity contribution in [2.24, 2.45) is 0 Å². The van der Waals surface area contributed by atoms with E-state index in [0.717, 1.165) is 0 Å². The second-order valence-electron chi connectivity index (χ2n) is 4.33. The maximum atomic E-state index is 12.0. The highest BCUT2D eigenvalue weighted by Gasteiger charge is 2.11. The topological polar surface area (TPSA) is 90.0 Å². The average molecular weight is 372 g/mol. The number of carbonyl (C=O) groups is 1. The second kappa shape index (κ2) is 6.28. The smallest absolute Gasteiger partial charge is 0.268 e. The van der Waals surface area contributed by atoms with Crippen LogP contribution in [0.2, 0.25) is 5.02 Å². The molecule has 1 heterocycles. The lowest BCUT2D eigenvalue weighted by atomic mass is 10.3. The van der Waals surface area contributed by atoms with E-state index in [1.807, 2.05) is 0 Å². The molecule has 0 saturated carbocycles. The van der Waals surface area contributed by atoms with Gasteiger partial charge in [0.2, 0.25) is 5.91 Å². The number of hydrogen-bond acceptors (Lipinski definition) is 4. The van der Waals surface area contributed by atoms with Crippen LogP contribution in [0.15, 0.2) is 33.7 Å². The van der Waals surface area contributed by atoms with E-state index in [2.05, 4.69) is 26.2 Å². The number of nitrogens with one attached hydrogen (secondary N) is 1. The Bertz CT molecular complexity index is 760. The van der Waals surface area contributed by atoms with E-state index in [1.54, 1.807) is 25.1 Å². The van der Waals surface area contributed by atoms with E-state index in [9.17, 15) is 9.59 Å². The van der Waals surface area contributed by atoms with Gasteiger partial charge in [0.25, 0.3) is 5.56 Å². The number of anilines is 2. The molecule has 0 aliphatic rings. The van der Waals surface area contributed by atoms with Crippen molar-refractivity contribution < 1.29 is 4.79 Å². The van der Waals surface area contributed by atoms with Crippen LogP contribution in [0.25, 0.3) is 0 Å². The number of rotatable bonds is 3. The molecule has 0 radical (unpaired) electrons. The Morgan fingerprint density at radius 3 is 2.95 bits per heavy atom. The maximum Gasteiger partial charge on any atom is 0.268 e. The van der Waals surface area contributed by atoms with Gasteiger partial charge in [-0.05, 0) is 41.1 Å². The Morgan fingerprint density at radius 1 is 1.52 bits per heavy atom. The van der Waals surface area contributed by atoms with Gasteiger partial charge in [0.05, 0.1) is 10.7 Å². The molecule has 0 spiro atoms. The number of aromatic nitrogens is 2. The van der Waals surface area contributed by atoms with E-state index in [1.165, 1.54) is 10.8 Å². The first kappa shape index (κ1) is 15.5. The molecule has 1 aromatic carbocycles. The van der Waals surface area contributed by atoms with Gasteiger partial charge in [0.1, 0.15) is 16.8 Å². The van der Waals surface area contributed by atoms with E-state index in [-0.39, 0.29) is 12.1 Å². The molecule has 0 unspecified atom stereocenters. The lowest BCUT2D eigenvalue weighted by molar-refractivity contribution is -0.116. The Balaban J connectivity index is 2.22. The summed E-state index contributed by atoms with van der Waals surface area (Å²) in [6.45, 7) is 1.48. The molecule has 6 nitrogen and oxygen atoms in total. The van der Waals surface area contributed by atoms with Crippen LogP contribution in [0, 0.1) is 6.92 Å². The Morgan fingerprint density at radius 2 is 2.24 bits per heavy atom. The number of halogens is 2. The van der Waals surface area contributed by atoms with Crippen LogP contribution in [-0.4, -0.2) is 15.5 Å². The molecule has 110 valence electrons. The van der Waals surface area contributed by atoms with Crippen LogP contribution in [-0.2, 0) is 11.3 Å². The first-order chi connectivity index (χ1) is 9.88. The van der Waals surface area contributed by atoms with Gasteiger partial charge in [0.15, 0.2) is 0 Å². The molecular weight excluding hydrogens is 360 g/mol. The third-order valence-electron chi connectivity index (χ3n) is 2.77. The number of nitrogens with zero attached hydrogens (tertiary/aromatic N) is 2. The third kappa shape index (κ3) is 3.62. The molecule has 0 saturated heterocycles. The number of hydrogen-bond donors (Lipinski definition) is 2. The first-order valence-electron chi connectivity index (χ1n) is 5.95. The molecule has 1 amide bonds. The lowest BCUT2D eigenvalue weighted by Gasteiger charge is -2.11. The monoisotopic (exact) mass is 370 g/mol. The minimum absolute atomic E-state index is 0.164. The zero-order chi connectivity index (χ0) is 15.6. The molecule has 8 heteroatoms. The molecular formula is C13H12BrClN4O2. The van der Waals surface area contributed by atoms with Gasteiger partial charge in [0, 0.05) is 11.9 Å². The van der Waals surface area contributed by atoms with Crippen LogP contribution < -0.4 is 16.6 Å². The fourth-order valence-electron chi connectivity index (χ4n) is 1.71. The third-order valence-corrected chi connectivity index (χ3v) is 3.64. The molecule has 0 bridgehead atoms. The normalized spacial score (nSPS) is 10.4. The largest absolute Gasteiger partial charge is 0.399 e. The Hall–Kier alpha value is -1.86. The zero-order valence-corrected chi connectivity index (χ0v) is 13.4. The van der Waals surface area contributed by atoms with Gasteiger partial charge in [-0.3, -0.25) is 14.2 Å². The average Bonchev–Trinajstić information content (AvgIpc) is 2.43. The fourth-order valence-corrected chi connectivity index (χ4v) is 2.19. The molecule has 2 rings (SSSR count). The van der Waals surface area contributed by atoms with Crippen LogP contribution in [0.3, 0.4) is 0 Å². The summed E-state index contributed by atoms with van der Waals surface area (Å²) >= 11 is 9.07. The molecule has 0 atom stereocenters. The second-order valence-corrected chi connectivity index (χ2v) is 5.59. The van der Waals surface area contributed by atoms with Crippen molar-refractivity contribution in [3.63, 3.8) is 0 Å². The van der Waals surface area contributed by atoms with E-state index in [0.29, 0.717) is 26.7 Å². The SMILES string of the molecule is Cc1ncc(Br)c(=O)n1CC(=O)Nc1cc(N)ccc1Cl. The predicted octanol–water partition coefficient (Wildman–Crippen LogP) is 2.19. The highest BCUT2D eigenvalue weighted by atomic mass is 79.9. The molecule has 21 heavy (non-hydrogen) atoms. The van der Waals surface area contributed by atoms with Gasteiger partial charge < -0.3 is 11.1 Å². The minimum Gasteiger partial charge on any atom is -0.399 e. The quantitative estimate of drug-likeness (QED) is 0.809. The van der Waals surface area contributed by atoms with E-state index >= 15 is 0 Å². The van der Waals surface area contributed by atoms with Gasteiger partial charge in [-0.1, -0.05) is 11.6 Å². The Kier molecular flexibility index (Phi) is 4.64. The molecule has 2 aromatic rings. The van der Waals surface area contributed by atoms with Crippen LogP contribution in [0.4, 0.5) is 11.4 Å². The highest BCUT2D eigenvalue weighted by molar-refractivity contribution is 9.10. The number of nitrogen functional groups attached to an aromatic ring is 1. The summed E-state index contributed by atoms with van der Waals surface area (Å²) in [6, 6.07) is 4.77. The Labute approximate surface area is 134 Å². The van der Waals surface area contributed by atoms with Gasteiger partial charge in [-0.15, -0.1) is 0 Å². The zero-order valence-electron chi connectivity index (χ0n) is 11.1. The van der Waals surface area contributed by atoms with Crippen molar-refractivity contribution in [2.75, 3.05) is 11.1 Å². The van der Waals surface area contributed by atoms with Crippen molar-refractivity contribution in [3.8, 4) is 0 Å². The van der Waals surface area contributed by atoms with Crippen LogP contribution >= 0.6 is 27.5 Å². The van der Waals surface area contributed by atoms with Gasteiger partial charge in [-0.25, -0.2) is 4.98 Å². The molecule has 3 N–H and O–H groups in total. The molecule has 1 aromatic heterocycles. The van der Waals surface area contributed by atoms with Gasteiger partial charge in [-0.2, -0.15) is 0 Å². The summed E-state index contributed by atoms with van der Waals surface area (Å²) < 4.78 is 1.56. The molecule has 0 aliphatic heterocycles. The highest BCUT2D eigenvalue weighted by Crippen LogP contribution is 2.23. The number of aryl methyl sites for hydroxylation is 1. The number of nitrogens with two attached hydrogens (primary N) is 1. The summed E-state index contributed by atoms with van der Waals surface area (Å²) in [5, 5.41) is 2.99. The van der Waals surface area contributed by atoms with Gasteiger partial charge >= 0.3 is 0 Å². The summed E-state index contributed by atoms with van der Waals surface area (Å²) in [7, 11) is 0. The number of amides is 1. The molecule has 0 aliphatic carbocycles. The van der Waals surface area contributed by atoms with Crippen LogP contribution in [0.1, 0.15) is 5.82 Å². The van der Waals surface area contributed by atoms with E-state index in [4.69, 9.17) is 17.3 Å². The van der Waals surface area contributed by atoms with Crippen LogP contribution in [0.5, 0.6) is 0 Å². The molecule has 0 fully saturated rings.